The van der Waals surface area contributed by atoms with Gasteiger partial charge in [-0.2, -0.15) is 0 Å². The zero-order chi connectivity index (χ0) is 0. The number of rotatable bonds is 0. The Morgan fingerprint density at radius 2 is 0.750 bits per heavy atom. The molecule has 0 amide bonds. The Hall–Kier alpha value is 2.60. The van der Waals surface area contributed by atoms with Crippen molar-refractivity contribution >= 4 is 83.2 Å². The van der Waals surface area contributed by atoms with Crippen LogP contribution in [0.25, 0.3) is 0 Å². The van der Waals surface area contributed by atoms with Crippen molar-refractivity contribution in [1.29, 1.82) is 0 Å². The number of hydrogen-bond donors (Lipinski definition) is 0. The van der Waals surface area contributed by atoms with Crippen molar-refractivity contribution in [2.75, 3.05) is 0 Å². The molecule has 0 fully saturated rings. The minimum atomic E-state index is 0. The molecular formula is H6CaF2Sr. The van der Waals surface area contributed by atoms with Crippen LogP contribution >= 0.6 is 0 Å². The van der Waals surface area contributed by atoms with Crippen LogP contribution in [0.4, 0.5) is 9.41 Å². The van der Waals surface area contributed by atoms with Gasteiger partial charge in [0.05, 0.1) is 0 Å². The third-order valence-corrected chi connectivity index (χ3v) is 0. The first-order valence-corrected chi connectivity index (χ1v) is 0. The SMILES string of the molecule is F.F.[CaH2].[SrH2]. The summed E-state index contributed by atoms with van der Waals surface area (Å²) in [5, 5.41) is 0. The van der Waals surface area contributed by atoms with Crippen LogP contribution in [0, 0.1) is 0 Å². The van der Waals surface area contributed by atoms with Gasteiger partial charge in [0.2, 0.25) is 0 Å². The predicted octanol–water partition coefficient (Wildman–Crippen LogP) is -1.53. The second-order valence-corrected chi connectivity index (χ2v) is 0. The molecule has 0 N–H and O–H groups in total. The molecule has 24 valence electrons. The van der Waals surface area contributed by atoms with Crippen LogP contribution in [0.2, 0.25) is 0 Å². The van der Waals surface area contributed by atoms with Gasteiger partial charge in [0.1, 0.15) is 0 Å². The van der Waals surface area contributed by atoms with E-state index in [4.69, 9.17) is 0 Å². The summed E-state index contributed by atoms with van der Waals surface area (Å²) in [6, 6.07) is 0. The molecular weight excluding hydrogens is 166 g/mol. The van der Waals surface area contributed by atoms with Crippen LogP contribution in [0.15, 0.2) is 0 Å². The molecule has 0 saturated carbocycles. The number of hydrogen-bond acceptors (Lipinski definition) is 0. The van der Waals surface area contributed by atoms with E-state index in [0.29, 0.717) is 0 Å². The Bertz CT molecular complexity index is 6.00. The van der Waals surface area contributed by atoms with Crippen LogP contribution < -0.4 is 0 Å². The van der Waals surface area contributed by atoms with Gasteiger partial charge in [0.15, 0.2) is 0 Å². The first-order chi connectivity index (χ1) is 0. The minimum absolute atomic E-state index is 0. The fraction of sp³-hybridized carbons (Fsp3) is 0. The summed E-state index contributed by atoms with van der Waals surface area (Å²) in [6.45, 7) is 0. The van der Waals surface area contributed by atoms with E-state index in [0.717, 1.165) is 0 Å². The summed E-state index contributed by atoms with van der Waals surface area (Å²) in [4.78, 5) is 0. The molecule has 0 aromatic rings. The van der Waals surface area contributed by atoms with E-state index in [1.54, 1.807) is 0 Å². The third-order valence-electron chi connectivity index (χ3n) is 0. The van der Waals surface area contributed by atoms with Crippen molar-refractivity contribution in [2.24, 2.45) is 0 Å². The van der Waals surface area contributed by atoms with Gasteiger partial charge in [0.25, 0.3) is 0 Å². The topological polar surface area (TPSA) is 0 Å². The maximum absolute atomic E-state index is 0. The summed E-state index contributed by atoms with van der Waals surface area (Å²) >= 11 is 0. The Balaban J connectivity index is 0. The van der Waals surface area contributed by atoms with Gasteiger partial charge >= 0.3 is 83.2 Å². The van der Waals surface area contributed by atoms with E-state index in [-0.39, 0.29) is 92.6 Å². The molecule has 0 rings (SSSR count). The van der Waals surface area contributed by atoms with Crippen molar-refractivity contribution in [3.63, 3.8) is 0 Å². The molecule has 0 heterocycles. The van der Waals surface area contributed by atoms with Crippen LogP contribution in [0.1, 0.15) is 0 Å². The normalized spacial score (nSPS) is 0. The van der Waals surface area contributed by atoms with Crippen molar-refractivity contribution in [3.05, 3.63) is 0 Å². The fourth-order valence-electron chi connectivity index (χ4n) is 0. The zero-order valence-electron chi connectivity index (χ0n) is 0.816. The van der Waals surface area contributed by atoms with Crippen LogP contribution in [0.5, 0.6) is 0 Å². The molecule has 0 nitrogen and oxygen atoms in total. The van der Waals surface area contributed by atoms with E-state index < -0.39 is 0 Å². The molecule has 0 atom stereocenters. The van der Waals surface area contributed by atoms with Gasteiger partial charge < -0.3 is 0 Å². The first-order valence-electron chi connectivity index (χ1n) is 0. The van der Waals surface area contributed by atoms with Crippen molar-refractivity contribution < 1.29 is 9.41 Å². The standard InChI is InChI=1S/Ca.2FH.Sr.4H/h;2*1H;;;;;. The Morgan fingerprint density at radius 1 is 0.750 bits per heavy atom. The second kappa shape index (κ2) is 17.5. The molecule has 0 aliphatic rings. The van der Waals surface area contributed by atoms with Gasteiger partial charge in [-0.25, -0.2) is 0 Å². The Labute approximate surface area is 90.3 Å². The predicted molar refractivity (Wildman–Crippen MR) is 22.1 cm³/mol. The van der Waals surface area contributed by atoms with Gasteiger partial charge in [-0.15, -0.1) is 0 Å². The molecule has 0 saturated heterocycles. The van der Waals surface area contributed by atoms with E-state index >= 15 is 0 Å². The fourth-order valence-corrected chi connectivity index (χ4v) is 0. The average Bonchev–Trinajstić information content (AvgIpc) is 0. The summed E-state index contributed by atoms with van der Waals surface area (Å²) in [6.07, 6.45) is 0. The van der Waals surface area contributed by atoms with E-state index in [1.807, 2.05) is 0 Å². The first kappa shape index (κ1) is 30.6. The third kappa shape index (κ3) is 8.82. The molecule has 0 unspecified atom stereocenters. The Kier molecular flexibility index (Phi) is 134. The van der Waals surface area contributed by atoms with Crippen LogP contribution in [0.3, 0.4) is 0 Å². The van der Waals surface area contributed by atoms with Crippen molar-refractivity contribution in [1.82, 2.24) is 0 Å². The van der Waals surface area contributed by atoms with E-state index in [1.165, 1.54) is 0 Å². The molecule has 4 heavy (non-hydrogen) atoms. The monoisotopic (exact) mass is 172 g/mol. The second-order valence-electron chi connectivity index (χ2n) is 0. The molecule has 0 bridgehead atoms. The quantitative estimate of drug-likeness (QED) is 0.389. The molecule has 0 aromatic heterocycles. The maximum atomic E-state index is 0. The molecule has 0 spiro atoms. The summed E-state index contributed by atoms with van der Waals surface area (Å²) in [7, 11) is 0. The van der Waals surface area contributed by atoms with E-state index in [9.17, 15) is 0 Å². The van der Waals surface area contributed by atoms with Gasteiger partial charge in [-0.1, -0.05) is 0 Å². The van der Waals surface area contributed by atoms with Crippen LogP contribution in [-0.2, 0) is 0 Å². The van der Waals surface area contributed by atoms with E-state index in [2.05, 4.69) is 0 Å². The number of halogens is 2. The Morgan fingerprint density at radius 3 is 0.750 bits per heavy atom. The van der Waals surface area contributed by atoms with Crippen molar-refractivity contribution in [2.45, 2.75) is 0 Å². The molecule has 0 aliphatic carbocycles. The summed E-state index contributed by atoms with van der Waals surface area (Å²) in [5.74, 6) is 0. The molecule has 0 aliphatic heterocycles. The van der Waals surface area contributed by atoms with Gasteiger partial charge in [-0.05, 0) is 0 Å². The zero-order valence-corrected chi connectivity index (χ0v) is 0.816. The van der Waals surface area contributed by atoms with Crippen molar-refractivity contribution in [3.8, 4) is 0 Å². The van der Waals surface area contributed by atoms with Gasteiger partial charge in [-0.3, -0.25) is 9.41 Å². The molecule has 0 radical (unpaired) electrons. The summed E-state index contributed by atoms with van der Waals surface area (Å²) < 4.78 is 0. The molecule has 0 aromatic carbocycles. The average molecular weight is 172 g/mol. The summed E-state index contributed by atoms with van der Waals surface area (Å²) in [5.41, 5.74) is 0. The van der Waals surface area contributed by atoms with Gasteiger partial charge in [0, 0.05) is 0 Å². The van der Waals surface area contributed by atoms with Crippen LogP contribution in [-0.4, -0.2) is 83.2 Å². The molecule has 4 heteroatoms.